The van der Waals surface area contributed by atoms with Gasteiger partial charge in [0.15, 0.2) is 17.3 Å². The number of aryl methyl sites for hydroxylation is 1. The van der Waals surface area contributed by atoms with Gasteiger partial charge in [0, 0.05) is 34.1 Å². The summed E-state index contributed by atoms with van der Waals surface area (Å²) in [5, 5.41) is 16.2. The summed E-state index contributed by atoms with van der Waals surface area (Å²) in [6.07, 6.45) is 2.64. The van der Waals surface area contributed by atoms with Gasteiger partial charge >= 0.3 is 0 Å². The van der Waals surface area contributed by atoms with Gasteiger partial charge in [0.25, 0.3) is 0 Å². The van der Waals surface area contributed by atoms with E-state index in [2.05, 4.69) is 40.8 Å². The number of rotatable bonds is 6. The van der Waals surface area contributed by atoms with Crippen molar-refractivity contribution in [1.82, 2.24) is 19.5 Å². The predicted molar refractivity (Wildman–Crippen MR) is 122 cm³/mol. The first-order valence-corrected chi connectivity index (χ1v) is 10.8. The third-order valence-electron chi connectivity index (χ3n) is 5.17. The van der Waals surface area contributed by atoms with Crippen molar-refractivity contribution in [3.05, 3.63) is 65.8 Å². The fourth-order valence-corrected chi connectivity index (χ4v) is 4.50. The quantitative estimate of drug-likeness (QED) is 0.404. The summed E-state index contributed by atoms with van der Waals surface area (Å²) in [6, 6.07) is 15.6. The van der Waals surface area contributed by atoms with Gasteiger partial charge in [-0.25, -0.2) is 15.0 Å². The molecule has 5 aromatic rings. The number of phenolic OH excluding ortho intramolecular Hbond substituents is 1. The Bertz CT molecular complexity index is 1320. The number of phenols is 1. The molecule has 0 atom stereocenters. The highest BCUT2D eigenvalue weighted by Crippen LogP contribution is 2.33. The van der Waals surface area contributed by atoms with Crippen molar-refractivity contribution in [3.63, 3.8) is 0 Å². The molecule has 0 aliphatic heterocycles. The maximum atomic E-state index is 9.46. The molecule has 5 rings (SSSR count). The van der Waals surface area contributed by atoms with Gasteiger partial charge in [0.05, 0.1) is 6.33 Å². The molecule has 2 N–H and O–H groups in total. The van der Waals surface area contributed by atoms with Crippen molar-refractivity contribution in [2.75, 3.05) is 11.9 Å². The smallest absolute Gasteiger partial charge is 0.166 e. The number of imidazole rings is 1. The molecule has 30 heavy (non-hydrogen) atoms. The van der Waals surface area contributed by atoms with Crippen LogP contribution in [-0.2, 0) is 13.0 Å². The van der Waals surface area contributed by atoms with Crippen molar-refractivity contribution < 1.29 is 5.11 Å². The Morgan fingerprint density at radius 3 is 2.73 bits per heavy atom. The number of nitrogens with zero attached hydrogens (tertiary/aromatic N) is 4. The van der Waals surface area contributed by atoms with Crippen LogP contribution in [0.4, 0.5) is 5.82 Å². The Morgan fingerprint density at radius 1 is 1.07 bits per heavy atom. The van der Waals surface area contributed by atoms with E-state index in [0.29, 0.717) is 12.4 Å². The van der Waals surface area contributed by atoms with Gasteiger partial charge in [-0.2, -0.15) is 0 Å². The average molecular weight is 416 g/mol. The second kappa shape index (κ2) is 7.76. The number of anilines is 1. The number of aromatic nitrogens is 4. The number of fused-ring (bicyclic) bond motifs is 2. The van der Waals surface area contributed by atoms with Crippen LogP contribution in [0.25, 0.3) is 32.6 Å². The molecule has 0 amide bonds. The highest BCUT2D eigenvalue weighted by molar-refractivity contribution is 7.17. The van der Waals surface area contributed by atoms with Crippen LogP contribution in [0.1, 0.15) is 12.5 Å². The molecular formula is C23H21N5OS. The molecule has 0 fully saturated rings. The molecule has 0 spiro atoms. The average Bonchev–Trinajstić information content (AvgIpc) is 3.39. The summed E-state index contributed by atoms with van der Waals surface area (Å²) in [5.41, 5.74) is 3.81. The first-order valence-electron chi connectivity index (χ1n) is 9.94. The van der Waals surface area contributed by atoms with E-state index >= 15 is 0 Å². The lowest BCUT2D eigenvalue weighted by molar-refractivity contribution is 0.475. The van der Waals surface area contributed by atoms with E-state index in [1.54, 1.807) is 23.5 Å². The van der Waals surface area contributed by atoms with Crippen LogP contribution < -0.4 is 5.32 Å². The zero-order valence-electron chi connectivity index (χ0n) is 16.5. The number of hydrogen-bond donors (Lipinski definition) is 2. The van der Waals surface area contributed by atoms with Crippen molar-refractivity contribution >= 4 is 38.4 Å². The highest BCUT2D eigenvalue weighted by Gasteiger charge is 2.16. The van der Waals surface area contributed by atoms with E-state index in [0.717, 1.165) is 41.1 Å². The van der Waals surface area contributed by atoms with Crippen LogP contribution in [0.15, 0.2) is 60.2 Å². The third kappa shape index (κ3) is 3.37. The first-order chi connectivity index (χ1) is 14.7. The summed E-state index contributed by atoms with van der Waals surface area (Å²) in [4.78, 5) is 14.3. The lowest BCUT2D eigenvalue weighted by Crippen LogP contribution is -2.08. The van der Waals surface area contributed by atoms with Gasteiger partial charge < -0.3 is 15.0 Å². The molecule has 3 heterocycles. The largest absolute Gasteiger partial charge is 0.508 e. The molecule has 3 aromatic heterocycles. The fraction of sp³-hybridized carbons (Fsp3) is 0.174. The monoisotopic (exact) mass is 415 g/mol. The van der Waals surface area contributed by atoms with E-state index in [1.165, 1.54) is 10.1 Å². The van der Waals surface area contributed by atoms with Crippen molar-refractivity contribution in [3.8, 4) is 17.1 Å². The molecule has 2 aromatic carbocycles. The Morgan fingerprint density at radius 2 is 1.90 bits per heavy atom. The molecule has 6 nitrogen and oxygen atoms in total. The van der Waals surface area contributed by atoms with Crippen LogP contribution in [0.2, 0.25) is 0 Å². The minimum Gasteiger partial charge on any atom is -0.508 e. The second-order valence-corrected chi connectivity index (χ2v) is 8.00. The second-order valence-electron chi connectivity index (χ2n) is 7.09. The van der Waals surface area contributed by atoms with E-state index in [9.17, 15) is 5.11 Å². The van der Waals surface area contributed by atoms with Crippen LogP contribution in [0.5, 0.6) is 5.75 Å². The molecule has 0 saturated carbocycles. The molecule has 0 aliphatic carbocycles. The Hall–Kier alpha value is -3.45. The Balaban J connectivity index is 1.52. The SMILES string of the molecule is CCn1cnc2c(NCCc3ccc(O)cc3)nc(-c3csc4ccccc34)nc21. The molecule has 150 valence electrons. The molecule has 0 bridgehead atoms. The maximum absolute atomic E-state index is 9.46. The summed E-state index contributed by atoms with van der Waals surface area (Å²) in [6.45, 7) is 3.59. The zero-order valence-corrected chi connectivity index (χ0v) is 17.4. The van der Waals surface area contributed by atoms with Crippen LogP contribution in [0, 0.1) is 0 Å². The predicted octanol–water partition coefficient (Wildman–Crippen LogP) is 5.09. The van der Waals surface area contributed by atoms with E-state index in [1.807, 2.05) is 29.1 Å². The topological polar surface area (TPSA) is 75.9 Å². The normalized spacial score (nSPS) is 11.4. The molecule has 0 unspecified atom stereocenters. The van der Waals surface area contributed by atoms with Crippen LogP contribution in [-0.4, -0.2) is 31.2 Å². The molecule has 0 saturated heterocycles. The summed E-state index contributed by atoms with van der Waals surface area (Å²) in [7, 11) is 0. The third-order valence-corrected chi connectivity index (χ3v) is 6.13. The summed E-state index contributed by atoms with van der Waals surface area (Å²) < 4.78 is 3.27. The van der Waals surface area contributed by atoms with Gasteiger partial charge in [-0.05, 0) is 37.1 Å². The van der Waals surface area contributed by atoms with E-state index < -0.39 is 0 Å². The molecule has 0 radical (unpaired) electrons. The highest BCUT2D eigenvalue weighted by atomic mass is 32.1. The summed E-state index contributed by atoms with van der Waals surface area (Å²) in [5.74, 6) is 1.74. The van der Waals surface area contributed by atoms with Crippen molar-refractivity contribution in [2.45, 2.75) is 19.9 Å². The van der Waals surface area contributed by atoms with Crippen LogP contribution in [0.3, 0.4) is 0 Å². The lowest BCUT2D eigenvalue weighted by atomic mass is 10.1. The minimum absolute atomic E-state index is 0.280. The number of hydrogen-bond acceptors (Lipinski definition) is 6. The van der Waals surface area contributed by atoms with Crippen LogP contribution >= 0.6 is 11.3 Å². The first kappa shape index (κ1) is 18.6. The van der Waals surface area contributed by atoms with E-state index in [4.69, 9.17) is 9.97 Å². The van der Waals surface area contributed by atoms with Gasteiger partial charge in [-0.15, -0.1) is 11.3 Å². The number of aromatic hydroxyl groups is 1. The standard InChI is InChI=1S/C23H21N5OS/c1-2-28-14-25-20-22(24-12-11-15-7-9-16(29)10-8-15)26-21(27-23(20)28)18-13-30-19-6-4-3-5-17(18)19/h3-10,13-14,29H,2,11-12H2,1H3,(H,24,26,27). The van der Waals surface area contributed by atoms with Gasteiger partial charge in [0.1, 0.15) is 11.3 Å². The molecular weight excluding hydrogens is 394 g/mol. The number of thiophene rings is 1. The van der Waals surface area contributed by atoms with Crippen molar-refractivity contribution in [2.24, 2.45) is 0 Å². The summed E-state index contributed by atoms with van der Waals surface area (Å²) >= 11 is 1.71. The van der Waals surface area contributed by atoms with Crippen molar-refractivity contribution in [1.29, 1.82) is 0 Å². The fourth-order valence-electron chi connectivity index (χ4n) is 3.56. The zero-order chi connectivity index (χ0) is 20.5. The van der Waals surface area contributed by atoms with E-state index in [-0.39, 0.29) is 5.75 Å². The number of benzene rings is 2. The molecule has 0 aliphatic rings. The lowest BCUT2D eigenvalue weighted by Gasteiger charge is -2.09. The maximum Gasteiger partial charge on any atom is 0.166 e. The van der Waals surface area contributed by atoms with Gasteiger partial charge in [-0.1, -0.05) is 30.3 Å². The van der Waals surface area contributed by atoms with Gasteiger partial charge in [0.2, 0.25) is 0 Å². The van der Waals surface area contributed by atoms with Gasteiger partial charge in [-0.3, -0.25) is 0 Å². The molecule has 7 heteroatoms. The Kier molecular flexibility index (Phi) is 4.80. The Labute approximate surface area is 177 Å². The number of nitrogens with one attached hydrogen (secondary N) is 1. The minimum atomic E-state index is 0.280.